The Balaban J connectivity index is 1.49. The van der Waals surface area contributed by atoms with Gasteiger partial charge < -0.3 is 10.6 Å². The van der Waals surface area contributed by atoms with Crippen LogP contribution in [-0.2, 0) is 4.79 Å². The molecule has 3 rings (SSSR count). The van der Waals surface area contributed by atoms with Gasteiger partial charge in [0.1, 0.15) is 12.1 Å². The summed E-state index contributed by atoms with van der Waals surface area (Å²) in [4.78, 5) is 20.4. The van der Waals surface area contributed by atoms with Crippen LogP contribution in [0.5, 0.6) is 0 Å². The highest BCUT2D eigenvalue weighted by Gasteiger charge is 2.04. The van der Waals surface area contributed by atoms with E-state index in [0.29, 0.717) is 13.0 Å². The number of carbonyl (C=O) groups is 1. The maximum Gasteiger partial charge on any atom is 0.224 e. The summed E-state index contributed by atoms with van der Waals surface area (Å²) < 4.78 is 0. The molecule has 1 aromatic heterocycles. The van der Waals surface area contributed by atoms with Crippen molar-refractivity contribution in [2.24, 2.45) is 0 Å². The van der Waals surface area contributed by atoms with E-state index >= 15 is 0 Å². The molecule has 0 atom stereocenters. The maximum absolute atomic E-state index is 11.9. The third-order valence-corrected chi connectivity index (χ3v) is 3.47. The number of nitrogens with zero attached hydrogens (tertiary/aromatic N) is 2. The zero-order valence-electron chi connectivity index (χ0n) is 12.7. The third-order valence-electron chi connectivity index (χ3n) is 3.47. The number of rotatable bonds is 6. The molecular weight excluding hydrogens is 288 g/mol. The highest BCUT2D eigenvalue weighted by atomic mass is 16.1. The van der Waals surface area contributed by atoms with E-state index in [4.69, 9.17) is 0 Å². The number of nitrogens with one attached hydrogen (secondary N) is 2. The van der Waals surface area contributed by atoms with Crippen LogP contribution in [0.15, 0.2) is 60.9 Å². The minimum atomic E-state index is 0.0190. The summed E-state index contributed by atoms with van der Waals surface area (Å²) >= 11 is 0. The average Bonchev–Trinajstić information content (AvgIpc) is 2.60. The van der Waals surface area contributed by atoms with Crippen LogP contribution >= 0.6 is 0 Å². The van der Waals surface area contributed by atoms with Crippen molar-refractivity contribution in [2.45, 2.75) is 12.8 Å². The Hall–Kier alpha value is -2.95. The summed E-state index contributed by atoms with van der Waals surface area (Å²) in [5, 5.41) is 7.14. The molecule has 5 heteroatoms. The van der Waals surface area contributed by atoms with Gasteiger partial charge in [-0.2, -0.15) is 0 Å². The molecule has 1 amide bonds. The number of amides is 1. The van der Waals surface area contributed by atoms with Gasteiger partial charge in [0.2, 0.25) is 5.91 Å². The lowest BCUT2D eigenvalue weighted by atomic mass is 10.2. The molecule has 0 bridgehead atoms. The molecule has 0 aliphatic rings. The number of para-hydroxylation sites is 2. The van der Waals surface area contributed by atoms with Gasteiger partial charge in [-0.3, -0.25) is 4.79 Å². The quantitative estimate of drug-likeness (QED) is 0.684. The predicted molar refractivity (Wildman–Crippen MR) is 92.3 cm³/mol. The van der Waals surface area contributed by atoms with E-state index in [-0.39, 0.29) is 5.91 Å². The second kappa shape index (κ2) is 7.35. The van der Waals surface area contributed by atoms with Crippen molar-refractivity contribution in [3.05, 3.63) is 60.9 Å². The first-order chi connectivity index (χ1) is 11.3. The van der Waals surface area contributed by atoms with E-state index in [1.807, 2.05) is 54.6 Å². The molecule has 2 aromatic carbocycles. The smallest absolute Gasteiger partial charge is 0.224 e. The number of aromatic nitrogens is 2. The number of carbonyl (C=O) groups excluding carboxylic acids is 1. The SMILES string of the molecule is O=C(CCCNc1ncnc2ccccc12)Nc1ccccc1. The molecule has 0 saturated carbocycles. The number of hydrogen-bond donors (Lipinski definition) is 2. The molecule has 0 fully saturated rings. The second-order valence-electron chi connectivity index (χ2n) is 5.18. The molecule has 23 heavy (non-hydrogen) atoms. The number of fused-ring (bicyclic) bond motifs is 1. The molecule has 0 spiro atoms. The summed E-state index contributed by atoms with van der Waals surface area (Å²) in [6.45, 7) is 0.684. The van der Waals surface area contributed by atoms with Gasteiger partial charge in [0.15, 0.2) is 0 Å². The van der Waals surface area contributed by atoms with Crippen molar-refractivity contribution in [1.82, 2.24) is 9.97 Å². The van der Waals surface area contributed by atoms with E-state index in [9.17, 15) is 4.79 Å². The van der Waals surface area contributed by atoms with Gasteiger partial charge in [0.05, 0.1) is 5.52 Å². The largest absolute Gasteiger partial charge is 0.369 e. The normalized spacial score (nSPS) is 10.4. The molecular formula is C18H18N4O. The van der Waals surface area contributed by atoms with Gasteiger partial charge in [0, 0.05) is 24.0 Å². The molecule has 0 aliphatic heterocycles. The monoisotopic (exact) mass is 306 g/mol. The third kappa shape index (κ3) is 4.03. The first-order valence-electron chi connectivity index (χ1n) is 7.61. The van der Waals surface area contributed by atoms with E-state index in [1.165, 1.54) is 0 Å². The first kappa shape index (κ1) is 15.0. The van der Waals surface area contributed by atoms with Crippen molar-refractivity contribution in [3.63, 3.8) is 0 Å². The maximum atomic E-state index is 11.9. The van der Waals surface area contributed by atoms with Crippen molar-refractivity contribution in [3.8, 4) is 0 Å². The average molecular weight is 306 g/mol. The first-order valence-corrected chi connectivity index (χ1v) is 7.61. The van der Waals surface area contributed by atoms with E-state index in [1.54, 1.807) is 6.33 Å². The van der Waals surface area contributed by atoms with Gasteiger partial charge in [0.25, 0.3) is 0 Å². The standard InChI is InChI=1S/C18H18N4O/c23-17(22-14-7-2-1-3-8-14)11-6-12-19-18-15-9-4-5-10-16(15)20-13-21-18/h1-5,7-10,13H,6,11-12H2,(H,22,23)(H,19,20,21). The summed E-state index contributed by atoms with van der Waals surface area (Å²) in [5.41, 5.74) is 1.74. The fourth-order valence-corrected chi connectivity index (χ4v) is 2.35. The van der Waals surface area contributed by atoms with E-state index < -0.39 is 0 Å². The second-order valence-corrected chi connectivity index (χ2v) is 5.18. The molecule has 3 aromatic rings. The molecule has 116 valence electrons. The summed E-state index contributed by atoms with van der Waals surface area (Å²) in [7, 11) is 0. The van der Waals surface area contributed by atoms with Gasteiger partial charge in [-0.25, -0.2) is 9.97 Å². The van der Waals surface area contributed by atoms with Crippen LogP contribution in [0.2, 0.25) is 0 Å². The Morgan fingerprint density at radius 1 is 0.957 bits per heavy atom. The lowest BCUT2D eigenvalue weighted by Crippen LogP contribution is -2.13. The number of hydrogen-bond acceptors (Lipinski definition) is 4. The highest BCUT2D eigenvalue weighted by molar-refractivity contribution is 5.91. The lowest BCUT2D eigenvalue weighted by molar-refractivity contribution is -0.116. The van der Waals surface area contributed by atoms with E-state index in [2.05, 4.69) is 20.6 Å². The molecule has 1 heterocycles. The number of anilines is 2. The van der Waals surface area contributed by atoms with Crippen LogP contribution in [0.4, 0.5) is 11.5 Å². The van der Waals surface area contributed by atoms with Gasteiger partial charge in [-0.05, 0) is 30.7 Å². The topological polar surface area (TPSA) is 66.9 Å². The summed E-state index contributed by atoms with van der Waals surface area (Å²) in [5.74, 6) is 0.824. The van der Waals surface area contributed by atoms with Gasteiger partial charge >= 0.3 is 0 Å². The van der Waals surface area contributed by atoms with Crippen molar-refractivity contribution < 1.29 is 4.79 Å². The number of benzene rings is 2. The zero-order valence-corrected chi connectivity index (χ0v) is 12.7. The Labute approximate surface area is 134 Å². The van der Waals surface area contributed by atoms with Crippen LogP contribution in [0.25, 0.3) is 10.9 Å². The molecule has 5 nitrogen and oxygen atoms in total. The van der Waals surface area contributed by atoms with Crippen molar-refractivity contribution in [1.29, 1.82) is 0 Å². The van der Waals surface area contributed by atoms with Crippen LogP contribution in [0, 0.1) is 0 Å². The minimum absolute atomic E-state index is 0.0190. The van der Waals surface area contributed by atoms with Crippen LogP contribution in [0.3, 0.4) is 0 Å². The van der Waals surface area contributed by atoms with Crippen LogP contribution < -0.4 is 10.6 Å². The Kier molecular flexibility index (Phi) is 4.79. The van der Waals surface area contributed by atoms with Gasteiger partial charge in [-0.1, -0.05) is 30.3 Å². The fraction of sp³-hybridized carbons (Fsp3) is 0.167. The molecule has 0 unspecified atom stereocenters. The fourth-order valence-electron chi connectivity index (χ4n) is 2.35. The van der Waals surface area contributed by atoms with Crippen molar-refractivity contribution in [2.75, 3.05) is 17.2 Å². The Morgan fingerprint density at radius 3 is 2.61 bits per heavy atom. The van der Waals surface area contributed by atoms with E-state index in [0.717, 1.165) is 28.8 Å². The predicted octanol–water partition coefficient (Wildman–Crippen LogP) is 3.46. The Bertz CT molecular complexity index is 784. The van der Waals surface area contributed by atoms with Gasteiger partial charge in [-0.15, -0.1) is 0 Å². The summed E-state index contributed by atoms with van der Waals surface area (Å²) in [6, 6.07) is 17.3. The Morgan fingerprint density at radius 2 is 1.74 bits per heavy atom. The molecule has 0 radical (unpaired) electrons. The summed E-state index contributed by atoms with van der Waals surface area (Å²) in [6.07, 6.45) is 2.74. The minimum Gasteiger partial charge on any atom is -0.369 e. The molecule has 2 N–H and O–H groups in total. The lowest BCUT2D eigenvalue weighted by Gasteiger charge is -2.08. The highest BCUT2D eigenvalue weighted by Crippen LogP contribution is 2.18. The molecule has 0 aliphatic carbocycles. The van der Waals surface area contributed by atoms with Crippen LogP contribution in [-0.4, -0.2) is 22.4 Å². The zero-order chi connectivity index (χ0) is 15.9. The molecule has 0 saturated heterocycles. The van der Waals surface area contributed by atoms with Crippen LogP contribution in [0.1, 0.15) is 12.8 Å². The van der Waals surface area contributed by atoms with Crippen molar-refractivity contribution >= 4 is 28.3 Å².